The first-order chi connectivity index (χ1) is 13.5. The Hall–Kier alpha value is -2.12. The lowest BCUT2D eigenvalue weighted by Crippen LogP contribution is -2.54. The van der Waals surface area contributed by atoms with Gasteiger partial charge < -0.3 is 20.0 Å². The molecule has 7 heteroatoms. The zero-order valence-corrected chi connectivity index (χ0v) is 17.1. The summed E-state index contributed by atoms with van der Waals surface area (Å²) in [4.78, 5) is 33.0. The van der Waals surface area contributed by atoms with E-state index >= 15 is 0 Å². The third-order valence-electron chi connectivity index (χ3n) is 5.73. The third kappa shape index (κ3) is 5.45. The summed E-state index contributed by atoms with van der Waals surface area (Å²) in [5, 5.41) is 3.08. The number of nitrogens with zero attached hydrogens (tertiary/aromatic N) is 4. The minimum absolute atomic E-state index is 0.0201. The van der Waals surface area contributed by atoms with Gasteiger partial charge >= 0.3 is 6.03 Å². The molecule has 0 aromatic heterocycles. The van der Waals surface area contributed by atoms with Crippen molar-refractivity contribution >= 4 is 11.9 Å². The second-order valence-electron chi connectivity index (χ2n) is 7.93. The van der Waals surface area contributed by atoms with Crippen LogP contribution in [0.3, 0.4) is 0 Å². The molecule has 1 aromatic carbocycles. The van der Waals surface area contributed by atoms with E-state index in [-0.39, 0.29) is 18.0 Å². The topological polar surface area (TPSA) is 59.1 Å². The Morgan fingerprint density at radius 2 is 1.61 bits per heavy atom. The lowest BCUT2D eigenvalue weighted by molar-refractivity contribution is -0.131. The Morgan fingerprint density at radius 1 is 0.964 bits per heavy atom. The first-order valence-electron chi connectivity index (χ1n) is 10.3. The maximum atomic E-state index is 12.6. The molecule has 154 valence electrons. The van der Waals surface area contributed by atoms with Gasteiger partial charge in [-0.3, -0.25) is 9.69 Å². The number of rotatable bonds is 6. The highest BCUT2D eigenvalue weighted by atomic mass is 16.2. The number of piperazine rings is 1. The van der Waals surface area contributed by atoms with Gasteiger partial charge in [-0.25, -0.2) is 4.79 Å². The normalized spacial score (nSPS) is 19.1. The third-order valence-corrected chi connectivity index (χ3v) is 5.73. The van der Waals surface area contributed by atoms with Gasteiger partial charge in [-0.15, -0.1) is 0 Å². The molecular weight excluding hydrogens is 354 g/mol. The Kier molecular flexibility index (Phi) is 7.28. The van der Waals surface area contributed by atoms with E-state index in [1.165, 1.54) is 5.56 Å². The highest BCUT2D eigenvalue weighted by molar-refractivity contribution is 5.78. The number of amides is 3. The van der Waals surface area contributed by atoms with Crippen LogP contribution in [0.1, 0.15) is 24.4 Å². The monoisotopic (exact) mass is 387 g/mol. The van der Waals surface area contributed by atoms with Crippen molar-refractivity contribution in [1.82, 2.24) is 24.9 Å². The van der Waals surface area contributed by atoms with E-state index in [1.807, 2.05) is 42.1 Å². The number of hydrogen-bond donors (Lipinski definition) is 1. The van der Waals surface area contributed by atoms with E-state index in [0.717, 1.165) is 39.0 Å². The summed E-state index contributed by atoms with van der Waals surface area (Å²) < 4.78 is 0. The van der Waals surface area contributed by atoms with Crippen molar-refractivity contribution in [3.05, 3.63) is 35.9 Å². The van der Waals surface area contributed by atoms with E-state index < -0.39 is 0 Å². The van der Waals surface area contributed by atoms with Crippen LogP contribution >= 0.6 is 0 Å². The molecule has 2 fully saturated rings. The minimum Gasteiger partial charge on any atom is -0.342 e. The summed E-state index contributed by atoms with van der Waals surface area (Å²) >= 11 is 0. The quantitative estimate of drug-likeness (QED) is 0.798. The Labute approximate surface area is 168 Å². The summed E-state index contributed by atoms with van der Waals surface area (Å²) in [5.74, 6) is 0.229. The average Bonchev–Trinajstić information content (AvgIpc) is 3.24. The van der Waals surface area contributed by atoms with Crippen molar-refractivity contribution in [2.45, 2.75) is 18.9 Å². The largest absolute Gasteiger partial charge is 0.342 e. The van der Waals surface area contributed by atoms with Crippen LogP contribution in [0.15, 0.2) is 30.3 Å². The van der Waals surface area contributed by atoms with Gasteiger partial charge in [0.2, 0.25) is 5.91 Å². The van der Waals surface area contributed by atoms with Gasteiger partial charge in [0.1, 0.15) is 0 Å². The molecule has 2 aliphatic rings. The predicted molar refractivity (Wildman–Crippen MR) is 110 cm³/mol. The molecule has 3 rings (SSSR count). The van der Waals surface area contributed by atoms with Gasteiger partial charge in [0.15, 0.2) is 0 Å². The minimum atomic E-state index is -0.0201. The van der Waals surface area contributed by atoms with E-state index in [9.17, 15) is 9.59 Å². The molecule has 2 heterocycles. The number of hydrogen-bond acceptors (Lipinski definition) is 4. The van der Waals surface area contributed by atoms with Crippen molar-refractivity contribution in [2.24, 2.45) is 0 Å². The SMILES string of the molecule is CN(C)C(CNC(=O)N1CCN(CC(=O)N2CCCC2)CC1)c1ccccc1. The van der Waals surface area contributed by atoms with Gasteiger partial charge in [-0.05, 0) is 32.5 Å². The van der Waals surface area contributed by atoms with Gasteiger partial charge in [-0.1, -0.05) is 30.3 Å². The predicted octanol–water partition coefficient (Wildman–Crippen LogP) is 1.24. The number of likely N-dealkylation sites (tertiary alicyclic amines) is 1. The summed E-state index contributed by atoms with van der Waals surface area (Å²) in [6.45, 7) is 5.68. The molecular formula is C21H33N5O2. The zero-order valence-electron chi connectivity index (χ0n) is 17.1. The second kappa shape index (κ2) is 9.89. The number of nitrogens with one attached hydrogen (secondary N) is 1. The Balaban J connectivity index is 1.42. The molecule has 1 atom stereocenters. The Bertz CT molecular complexity index is 637. The van der Waals surface area contributed by atoms with E-state index in [2.05, 4.69) is 27.2 Å². The van der Waals surface area contributed by atoms with Crippen molar-refractivity contribution in [3.63, 3.8) is 0 Å². The van der Waals surface area contributed by atoms with Crippen LogP contribution in [0, 0.1) is 0 Å². The number of likely N-dealkylation sites (N-methyl/N-ethyl adjacent to an activating group) is 1. The molecule has 0 bridgehead atoms. The van der Waals surface area contributed by atoms with Crippen molar-refractivity contribution in [3.8, 4) is 0 Å². The maximum absolute atomic E-state index is 12.6. The van der Waals surface area contributed by atoms with E-state index in [1.54, 1.807) is 0 Å². The molecule has 0 spiro atoms. The molecule has 7 nitrogen and oxygen atoms in total. The lowest BCUT2D eigenvalue weighted by Gasteiger charge is -2.35. The molecule has 2 saturated heterocycles. The summed E-state index contributed by atoms with van der Waals surface area (Å²) in [6.07, 6.45) is 2.24. The molecule has 0 aliphatic carbocycles. The molecule has 2 aliphatic heterocycles. The average molecular weight is 388 g/mol. The molecule has 1 unspecified atom stereocenters. The van der Waals surface area contributed by atoms with Crippen LogP contribution in [0.25, 0.3) is 0 Å². The smallest absolute Gasteiger partial charge is 0.317 e. The van der Waals surface area contributed by atoms with Gasteiger partial charge in [0.05, 0.1) is 12.6 Å². The van der Waals surface area contributed by atoms with Crippen LogP contribution in [0.2, 0.25) is 0 Å². The van der Waals surface area contributed by atoms with Crippen LogP contribution in [0.4, 0.5) is 4.79 Å². The van der Waals surface area contributed by atoms with Gasteiger partial charge in [-0.2, -0.15) is 0 Å². The van der Waals surface area contributed by atoms with Gasteiger partial charge in [0.25, 0.3) is 0 Å². The van der Waals surface area contributed by atoms with Crippen LogP contribution in [0.5, 0.6) is 0 Å². The highest BCUT2D eigenvalue weighted by Gasteiger charge is 2.25. The first kappa shape index (κ1) is 20.6. The van der Waals surface area contributed by atoms with Gasteiger partial charge in [0, 0.05) is 45.8 Å². The van der Waals surface area contributed by atoms with Crippen LogP contribution in [-0.2, 0) is 4.79 Å². The standard InChI is InChI=1S/C21H33N5O2/c1-23(2)19(18-8-4-3-5-9-18)16-22-21(28)26-14-12-24(13-15-26)17-20(27)25-10-6-7-11-25/h3-5,8-9,19H,6-7,10-17H2,1-2H3,(H,22,28). The molecule has 3 amide bonds. The second-order valence-corrected chi connectivity index (χ2v) is 7.93. The van der Waals surface area contributed by atoms with Crippen LogP contribution < -0.4 is 5.32 Å². The van der Waals surface area contributed by atoms with Crippen molar-refractivity contribution < 1.29 is 9.59 Å². The number of carbonyl (C=O) groups excluding carboxylic acids is 2. The molecule has 0 saturated carbocycles. The molecule has 1 N–H and O–H groups in total. The fraction of sp³-hybridized carbons (Fsp3) is 0.619. The van der Waals surface area contributed by atoms with Crippen molar-refractivity contribution in [2.75, 3.05) is 66.5 Å². The van der Waals surface area contributed by atoms with Crippen LogP contribution in [-0.4, -0.2) is 98.0 Å². The Morgan fingerprint density at radius 3 is 2.21 bits per heavy atom. The van der Waals surface area contributed by atoms with E-state index in [0.29, 0.717) is 26.2 Å². The molecule has 28 heavy (non-hydrogen) atoms. The maximum Gasteiger partial charge on any atom is 0.317 e. The lowest BCUT2D eigenvalue weighted by atomic mass is 10.1. The summed E-state index contributed by atoms with van der Waals surface area (Å²) in [6, 6.07) is 10.4. The highest BCUT2D eigenvalue weighted by Crippen LogP contribution is 2.17. The molecule has 0 radical (unpaired) electrons. The molecule has 1 aromatic rings. The first-order valence-corrected chi connectivity index (χ1v) is 10.3. The summed E-state index contributed by atoms with van der Waals surface area (Å²) in [7, 11) is 4.06. The van der Waals surface area contributed by atoms with E-state index in [4.69, 9.17) is 0 Å². The fourth-order valence-corrected chi connectivity index (χ4v) is 3.94. The van der Waals surface area contributed by atoms with Crippen molar-refractivity contribution in [1.29, 1.82) is 0 Å². The number of urea groups is 1. The summed E-state index contributed by atoms with van der Waals surface area (Å²) in [5.41, 5.74) is 1.19. The number of carbonyl (C=O) groups is 2. The fourth-order valence-electron chi connectivity index (χ4n) is 3.94. The zero-order chi connectivity index (χ0) is 19.9. The number of benzene rings is 1.